The fraction of sp³-hybridized carbons (Fsp3) is 0.250. The highest BCUT2D eigenvalue weighted by Crippen LogP contribution is 2.21. The van der Waals surface area contributed by atoms with Crippen molar-refractivity contribution < 1.29 is 4.74 Å². The lowest BCUT2D eigenvalue weighted by molar-refractivity contribution is 0.296. The zero-order valence-electron chi connectivity index (χ0n) is 13.8. The molecule has 0 aliphatic carbocycles. The molecule has 7 nitrogen and oxygen atoms in total. The van der Waals surface area contributed by atoms with E-state index >= 15 is 0 Å². The van der Waals surface area contributed by atoms with E-state index < -0.39 is 11.2 Å². The molecule has 1 aromatic carbocycles. The van der Waals surface area contributed by atoms with Crippen LogP contribution in [0, 0.1) is 11.6 Å². The Balaban J connectivity index is 2.04. The number of aromatic nitrogens is 4. The Hall–Kier alpha value is -2.45. The van der Waals surface area contributed by atoms with Gasteiger partial charge in [-0.05, 0) is 30.7 Å². The summed E-state index contributed by atoms with van der Waals surface area (Å²) in [5, 5.41) is 0.854. The van der Waals surface area contributed by atoms with Gasteiger partial charge in [0.1, 0.15) is 33.9 Å². The van der Waals surface area contributed by atoms with Gasteiger partial charge in [0.2, 0.25) is 0 Å². The SMILES string of the molecule is Cc1cc(OCc2nc(=S)c3c(=O)n(C)c(=O)n(C)c3[nH]2)ccc1Cl. The normalized spacial score (nSPS) is 11.0. The van der Waals surface area contributed by atoms with E-state index in [-0.39, 0.29) is 16.6 Å². The van der Waals surface area contributed by atoms with Crippen molar-refractivity contribution in [1.29, 1.82) is 0 Å². The fourth-order valence-electron chi connectivity index (χ4n) is 2.45. The van der Waals surface area contributed by atoms with E-state index in [2.05, 4.69) is 9.97 Å². The van der Waals surface area contributed by atoms with Crippen molar-refractivity contribution in [3.63, 3.8) is 0 Å². The highest BCUT2D eigenvalue weighted by Gasteiger charge is 2.12. The largest absolute Gasteiger partial charge is 0.486 e. The van der Waals surface area contributed by atoms with Gasteiger partial charge in [-0.25, -0.2) is 9.78 Å². The third kappa shape index (κ3) is 3.10. The van der Waals surface area contributed by atoms with Gasteiger partial charge in [-0.2, -0.15) is 0 Å². The monoisotopic (exact) mass is 378 g/mol. The number of halogens is 1. The highest BCUT2D eigenvalue weighted by atomic mass is 35.5. The van der Waals surface area contributed by atoms with Gasteiger partial charge in [0.15, 0.2) is 0 Å². The molecular weight excluding hydrogens is 364 g/mol. The van der Waals surface area contributed by atoms with E-state index in [4.69, 9.17) is 28.6 Å². The van der Waals surface area contributed by atoms with Crippen LogP contribution in [0.25, 0.3) is 11.0 Å². The van der Waals surface area contributed by atoms with Crippen molar-refractivity contribution in [3.05, 3.63) is 60.1 Å². The van der Waals surface area contributed by atoms with Crippen molar-refractivity contribution in [3.8, 4) is 5.75 Å². The molecule has 0 aliphatic rings. The molecule has 130 valence electrons. The van der Waals surface area contributed by atoms with Gasteiger partial charge in [-0.1, -0.05) is 23.8 Å². The Morgan fingerprint density at radius 2 is 2.00 bits per heavy atom. The predicted molar refractivity (Wildman–Crippen MR) is 97.9 cm³/mol. The van der Waals surface area contributed by atoms with E-state index in [1.165, 1.54) is 11.6 Å². The summed E-state index contributed by atoms with van der Waals surface area (Å²) in [4.78, 5) is 31.5. The number of nitrogens with zero attached hydrogens (tertiary/aromatic N) is 3. The van der Waals surface area contributed by atoms with Crippen LogP contribution in [-0.4, -0.2) is 19.1 Å². The van der Waals surface area contributed by atoms with Gasteiger partial charge in [0.25, 0.3) is 5.56 Å². The van der Waals surface area contributed by atoms with Crippen LogP contribution in [0.2, 0.25) is 5.02 Å². The molecule has 1 N–H and O–H groups in total. The summed E-state index contributed by atoms with van der Waals surface area (Å²) in [6, 6.07) is 5.30. The van der Waals surface area contributed by atoms with Crippen LogP contribution in [0.1, 0.15) is 11.4 Å². The maximum Gasteiger partial charge on any atom is 0.332 e. The van der Waals surface area contributed by atoms with E-state index in [1.54, 1.807) is 19.2 Å². The summed E-state index contributed by atoms with van der Waals surface area (Å²) in [5.74, 6) is 1.04. The molecule has 25 heavy (non-hydrogen) atoms. The zero-order valence-corrected chi connectivity index (χ0v) is 15.4. The lowest BCUT2D eigenvalue weighted by Crippen LogP contribution is -2.37. The molecule has 9 heteroatoms. The first-order chi connectivity index (χ1) is 11.8. The number of H-pyrrole nitrogens is 1. The molecule has 2 heterocycles. The maximum absolute atomic E-state index is 12.3. The summed E-state index contributed by atoms with van der Waals surface area (Å²) in [7, 11) is 2.96. The van der Waals surface area contributed by atoms with Gasteiger partial charge >= 0.3 is 5.69 Å². The quantitative estimate of drug-likeness (QED) is 0.707. The molecule has 0 saturated carbocycles. The number of nitrogens with one attached hydrogen (secondary N) is 1. The molecule has 3 rings (SSSR count). The first-order valence-electron chi connectivity index (χ1n) is 7.37. The van der Waals surface area contributed by atoms with Crippen molar-refractivity contribution in [2.75, 3.05) is 0 Å². The zero-order chi connectivity index (χ0) is 18.3. The number of aryl methyl sites for hydroxylation is 2. The minimum atomic E-state index is -0.479. The Morgan fingerprint density at radius 3 is 2.68 bits per heavy atom. The number of benzene rings is 1. The molecule has 0 aliphatic heterocycles. The molecular formula is C16H15ClN4O3S. The Labute approximate surface area is 152 Å². The standard InChI is InChI=1S/C16H15ClN4O3S/c1-8-6-9(4-5-10(8)17)24-7-11-18-13-12(14(25)19-11)15(22)21(3)16(23)20(13)2/h4-6H,7H2,1-3H3,(H,18,19,25). The average molecular weight is 379 g/mol. The fourth-order valence-corrected chi connectivity index (χ4v) is 2.87. The second-order valence-corrected chi connectivity index (χ2v) is 6.41. The lowest BCUT2D eigenvalue weighted by atomic mass is 10.2. The van der Waals surface area contributed by atoms with Crippen molar-refractivity contribution in [1.82, 2.24) is 19.1 Å². The van der Waals surface area contributed by atoms with Crippen LogP contribution in [0.3, 0.4) is 0 Å². The molecule has 3 aromatic rings. The van der Waals surface area contributed by atoms with Crippen LogP contribution in [0.5, 0.6) is 5.75 Å². The van der Waals surface area contributed by atoms with Crippen LogP contribution >= 0.6 is 23.8 Å². The van der Waals surface area contributed by atoms with E-state index in [9.17, 15) is 9.59 Å². The first-order valence-corrected chi connectivity index (χ1v) is 8.16. The summed E-state index contributed by atoms with van der Waals surface area (Å²) >= 11 is 11.2. The molecule has 0 atom stereocenters. The number of hydrogen-bond acceptors (Lipinski definition) is 5. The Kier molecular flexibility index (Phi) is 4.49. The van der Waals surface area contributed by atoms with Crippen molar-refractivity contribution in [2.24, 2.45) is 14.1 Å². The van der Waals surface area contributed by atoms with Crippen LogP contribution in [0.15, 0.2) is 27.8 Å². The molecule has 0 bridgehead atoms. The lowest BCUT2D eigenvalue weighted by Gasteiger charge is -2.11. The summed E-state index contributed by atoms with van der Waals surface area (Å²) in [6.07, 6.45) is 0. The highest BCUT2D eigenvalue weighted by molar-refractivity contribution is 7.71. The second kappa shape index (κ2) is 6.45. The molecule has 0 amide bonds. The minimum Gasteiger partial charge on any atom is -0.486 e. The second-order valence-electron chi connectivity index (χ2n) is 5.62. The molecule has 0 unspecified atom stereocenters. The third-order valence-electron chi connectivity index (χ3n) is 3.88. The summed E-state index contributed by atoms with van der Waals surface area (Å²) in [6.45, 7) is 1.98. The van der Waals surface area contributed by atoms with Crippen LogP contribution in [-0.2, 0) is 20.7 Å². The maximum atomic E-state index is 12.3. The van der Waals surface area contributed by atoms with Gasteiger partial charge in [0.05, 0.1) is 0 Å². The average Bonchev–Trinajstić information content (AvgIpc) is 2.58. The minimum absolute atomic E-state index is 0.101. The topological polar surface area (TPSA) is 81.9 Å². The molecule has 2 aromatic heterocycles. The van der Waals surface area contributed by atoms with Crippen LogP contribution in [0.4, 0.5) is 0 Å². The molecule has 0 radical (unpaired) electrons. The summed E-state index contributed by atoms with van der Waals surface area (Å²) in [5.41, 5.74) is 0.283. The molecule has 0 spiro atoms. The van der Waals surface area contributed by atoms with Gasteiger partial charge in [-0.3, -0.25) is 13.9 Å². The van der Waals surface area contributed by atoms with E-state index in [0.717, 1.165) is 10.1 Å². The molecule has 0 saturated heterocycles. The van der Waals surface area contributed by atoms with Crippen LogP contribution < -0.4 is 16.0 Å². The number of aromatic amines is 1. The number of ether oxygens (including phenoxy) is 1. The molecule has 0 fully saturated rings. The summed E-state index contributed by atoms with van der Waals surface area (Å²) < 4.78 is 8.13. The Bertz CT molecular complexity index is 1160. The number of fused-ring (bicyclic) bond motifs is 1. The van der Waals surface area contributed by atoms with Gasteiger partial charge < -0.3 is 9.72 Å². The Morgan fingerprint density at radius 1 is 1.28 bits per heavy atom. The van der Waals surface area contributed by atoms with Gasteiger partial charge in [0, 0.05) is 19.1 Å². The smallest absolute Gasteiger partial charge is 0.332 e. The van der Waals surface area contributed by atoms with E-state index in [1.807, 2.05) is 13.0 Å². The van der Waals surface area contributed by atoms with Crippen molar-refractivity contribution >= 4 is 34.9 Å². The number of rotatable bonds is 3. The number of hydrogen-bond donors (Lipinski definition) is 1. The van der Waals surface area contributed by atoms with Gasteiger partial charge in [-0.15, -0.1) is 0 Å². The van der Waals surface area contributed by atoms with Crippen molar-refractivity contribution in [2.45, 2.75) is 13.5 Å². The predicted octanol–water partition coefficient (Wildman–Crippen LogP) is 2.23. The van der Waals surface area contributed by atoms with E-state index in [0.29, 0.717) is 22.2 Å². The first kappa shape index (κ1) is 17.4. The third-order valence-corrected chi connectivity index (χ3v) is 4.60.